The minimum absolute atomic E-state index is 0.232. The van der Waals surface area contributed by atoms with Gasteiger partial charge in [0.1, 0.15) is 0 Å². The van der Waals surface area contributed by atoms with E-state index in [4.69, 9.17) is 4.42 Å². The number of hydrogen-bond acceptors (Lipinski definition) is 2. The Hall–Kier alpha value is -1.97. The fraction of sp³-hybridized carbons (Fsp3) is 0.182. The van der Waals surface area contributed by atoms with Gasteiger partial charge in [-0.25, -0.2) is 4.79 Å². The van der Waals surface area contributed by atoms with Crippen molar-refractivity contribution < 1.29 is 9.21 Å². The third-order valence-corrected chi connectivity index (χ3v) is 1.74. The lowest BCUT2D eigenvalue weighted by Gasteiger charge is -2.18. The summed E-state index contributed by atoms with van der Waals surface area (Å²) in [4.78, 5) is 13.2. The predicted octanol–water partition coefficient (Wildman–Crippen LogP) is 2.49. The molecule has 0 aliphatic rings. The zero-order chi connectivity index (χ0) is 11.1. The normalized spacial score (nSPS) is 9.33. The van der Waals surface area contributed by atoms with Crippen LogP contribution < -0.4 is 5.32 Å². The fourth-order valence-corrected chi connectivity index (χ4v) is 1.09. The third-order valence-electron chi connectivity index (χ3n) is 1.74. The Balaban J connectivity index is 2.55. The molecule has 0 aliphatic heterocycles. The van der Waals surface area contributed by atoms with Gasteiger partial charge in [-0.2, -0.15) is 0 Å². The van der Waals surface area contributed by atoms with Gasteiger partial charge in [0.2, 0.25) is 5.88 Å². The maximum absolute atomic E-state index is 11.6. The van der Waals surface area contributed by atoms with Crippen molar-refractivity contribution in [2.45, 2.75) is 0 Å². The molecule has 0 radical (unpaired) electrons. The molecular weight excluding hydrogens is 192 g/mol. The Kier molecular flexibility index (Phi) is 4.22. The van der Waals surface area contributed by atoms with Gasteiger partial charge in [-0.3, -0.25) is 5.32 Å². The molecule has 1 aromatic rings. The molecule has 4 nitrogen and oxygen atoms in total. The number of hydrogen-bond donors (Lipinski definition) is 1. The Labute approximate surface area is 88.9 Å². The molecule has 1 aromatic heterocycles. The zero-order valence-corrected chi connectivity index (χ0v) is 8.48. The highest BCUT2D eigenvalue weighted by Gasteiger charge is 2.11. The molecule has 0 atom stereocenters. The van der Waals surface area contributed by atoms with E-state index < -0.39 is 0 Å². The molecule has 0 aliphatic carbocycles. The average molecular weight is 206 g/mol. The molecule has 2 amide bonds. The molecule has 0 saturated carbocycles. The molecule has 1 heterocycles. The van der Waals surface area contributed by atoms with E-state index in [0.717, 1.165) is 0 Å². The fourth-order valence-electron chi connectivity index (χ4n) is 1.09. The summed E-state index contributed by atoms with van der Waals surface area (Å²) in [5.74, 6) is 0.429. The molecule has 0 spiro atoms. The van der Waals surface area contributed by atoms with E-state index in [2.05, 4.69) is 18.5 Å². The first-order valence-corrected chi connectivity index (χ1v) is 4.59. The minimum atomic E-state index is -0.232. The van der Waals surface area contributed by atoms with Gasteiger partial charge in [0.15, 0.2) is 0 Å². The van der Waals surface area contributed by atoms with Crippen LogP contribution in [0.3, 0.4) is 0 Å². The summed E-state index contributed by atoms with van der Waals surface area (Å²) in [5.41, 5.74) is 0. The summed E-state index contributed by atoms with van der Waals surface area (Å²) in [6, 6.07) is 3.16. The average Bonchev–Trinajstić information content (AvgIpc) is 2.70. The quantitative estimate of drug-likeness (QED) is 0.752. The zero-order valence-electron chi connectivity index (χ0n) is 8.48. The van der Waals surface area contributed by atoms with Crippen molar-refractivity contribution in [3.63, 3.8) is 0 Å². The lowest BCUT2D eigenvalue weighted by atomic mass is 10.4. The largest absolute Gasteiger partial charge is 0.449 e. The van der Waals surface area contributed by atoms with Crippen LogP contribution >= 0.6 is 0 Å². The van der Waals surface area contributed by atoms with E-state index >= 15 is 0 Å². The second-order valence-corrected chi connectivity index (χ2v) is 2.89. The topological polar surface area (TPSA) is 45.5 Å². The van der Waals surface area contributed by atoms with Gasteiger partial charge in [-0.1, -0.05) is 12.2 Å². The molecule has 1 N–H and O–H groups in total. The van der Waals surface area contributed by atoms with Crippen LogP contribution in [-0.4, -0.2) is 24.0 Å². The SMILES string of the molecule is C=CCN(CC=C)C(=O)Nc1ccco1. The predicted molar refractivity (Wildman–Crippen MR) is 59.7 cm³/mol. The van der Waals surface area contributed by atoms with E-state index in [9.17, 15) is 4.79 Å². The molecule has 0 aromatic carbocycles. The summed E-state index contributed by atoms with van der Waals surface area (Å²) < 4.78 is 5.00. The number of amides is 2. The van der Waals surface area contributed by atoms with Crippen LogP contribution in [0, 0.1) is 0 Å². The lowest BCUT2D eigenvalue weighted by Crippen LogP contribution is -2.35. The highest BCUT2D eigenvalue weighted by atomic mass is 16.3. The second-order valence-electron chi connectivity index (χ2n) is 2.89. The van der Waals surface area contributed by atoms with Crippen molar-refractivity contribution in [1.82, 2.24) is 4.90 Å². The maximum Gasteiger partial charge on any atom is 0.324 e. The van der Waals surface area contributed by atoms with Crippen LogP contribution in [0.1, 0.15) is 0 Å². The number of furan rings is 1. The van der Waals surface area contributed by atoms with E-state index in [1.165, 1.54) is 6.26 Å². The van der Waals surface area contributed by atoms with Gasteiger partial charge in [-0.05, 0) is 6.07 Å². The monoisotopic (exact) mass is 206 g/mol. The Morgan fingerprint density at radius 3 is 2.60 bits per heavy atom. The Morgan fingerprint density at radius 2 is 2.13 bits per heavy atom. The van der Waals surface area contributed by atoms with E-state index in [-0.39, 0.29) is 6.03 Å². The first-order valence-electron chi connectivity index (χ1n) is 4.59. The van der Waals surface area contributed by atoms with Crippen molar-refractivity contribution in [2.24, 2.45) is 0 Å². The van der Waals surface area contributed by atoms with Crippen LogP contribution in [0.25, 0.3) is 0 Å². The highest BCUT2D eigenvalue weighted by molar-refractivity contribution is 5.88. The second kappa shape index (κ2) is 5.70. The maximum atomic E-state index is 11.6. The molecule has 1 rings (SSSR count). The third kappa shape index (κ3) is 3.34. The Bertz CT molecular complexity index is 320. The molecule has 0 saturated heterocycles. The molecule has 4 heteroatoms. The van der Waals surface area contributed by atoms with Gasteiger partial charge >= 0.3 is 6.03 Å². The minimum Gasteiger partial charge on any atom is -0.449 e. The van der Waals surface area contributed by atoms with Crippen molar-refractivity contribution in [3.05, 3.63) is 43.7 Å². The molecule has 0 unspecified atom stereocenters. The number of carbonyl (C=O) groups excluding carboxylic acids is 1. The molecular formula is C11H14N2O2. The molecule has 0 fully saturated rings. The smallest absolute Gasteiger partial charge is 0.324 e. The van der Waals surface area contributed by atoms with E-state index in [1.807, 2.05) is 0 Å². The summed E-state index contributed by atoms with van der Waals surface area (Å²) in [7, 11) is 0. The first-order chi connectivity index (χ1) is 7.27. The van der Waals surface area contributed by atoms with Crippen molar-refractivity contribution in [2.75, 3.05) is 18.4 Å². The lowest BCUT2D eigenvalue weighted by molar-refractivity contribution is 0.221. The molecule has 80 valence electrons. The van der Waals surface area contributed by atoms with Crippen molar-refractivity contribution in [1.29, 1.82) is 0 Å². The number of nitrogens with zero attached hydrogens (tertiary/aromatic N) is 1. The summed E-state index contributed by atoms with van der Waals surface area (Å²) in [6.45, 7) is 8.11. The number of rotatable bonds is 5. The summed E-state index contributed by atoms with van der Waals surface area (Å²) in [6.07, 6.45) is 4.82. The van der Waals surface area contributed by atoms with Crippen LogP contribution in [0.5, 0.6) is 0 Å². The first kappa shape index (κ1) is 11.1. The van der Waals surface area contributed by atoms with Gasteiger partial charge < -0.3 is 9.32 Å². The van der Waals surface area contributed by atoms with Crippen LogP contribution in [0.2, 0.25) is 0 Å². The molecule has 0 bridgehead atoms. The standard InChI is InChI=1S/C11H14N2O2/c1-3-7-13(8-4-2)11(14)12-10-6-5-9-15-10/h3-6,9H,1-2,7-8H2,(H,12,14). The van der Waals surface area contributed by atoms with Crippen LogP contribution in [-0.2, 0) is 0 Å². The summed E-state index contributed by atoms with van der Waals surface area (Å²) >= 11 is 0. The van der Waals surface area contributed by atoms with Crippen LogP contribution in [0.15, 0.2) is 48.1 Å². The van der Waals surface area contributed by atoms with Gasteiger partial charge in [0.05, 0.1) is 6.26 Å². The van der Waals surface area contributed by atoms with Crippen molar-refractivity contribution >= 4 is 11.9 Å². The van der Waals surface area contributed by atoms with E-state index in [0.29, 0.717) is 19.0 Å². The summed E-state index contributed by atoms with van der Waals surface area (Å²) in [5, 5.41) is 2.62. The number of urea groups is 1. The van der Waals surface area contributed by atoms with E-state index in [1.54, 1.807) is 29.2 Å². The number of carbonyl (C=O) groups is 1. The van der Waals surface area contributed by atoms with Gasteiger partial charge in [0.25, 0.3) is 0 Å². The van der Waals surface area contributed by atoms with Gasteiger partial charge in [-0.15, -0.1) is 13.2 Å². The number of nitrogens with one attached hydrogen (secondary N) is 1. The Morgan fingerprint density at radius 1 is 1.47 bits per heavy atom. The molecule has 15 heavy (non-hydrogen) atoms. The van der Waals surface area contributed by atoms with Crippen LogP contribution in [0.4, 0.5) is 10.7 Å². The van der Waals surface area contributed by atoms with Gasteiger partial charge in [0, 0.05) is 19.2 Å². The van der Waals surface area contributed by atoms with Crippen molar-refractivity contribution in [3.8, 4) is 0 Å². The number of anilines is 1. The highest BCUT2D eigenvalue weighted by Crippen LogP contribution is 2.07.